The van der Waals surface area contributed by atoms with Crippen LogP contribution < -0.4 is 10.5 Å². The highest BCUT2D eigenvalue weighted by Gasteiger charge is 2.21. The van der Waals surface area contributed by atoms with E-state index in [0.717, 1.165) is 63.1 Å². The first kappa shape index (κ1) is 19.1. The number of nitrogens with two attached hydrogens (primary N) is 1. The van der Waals surface area contributed by atoms with E-state index in [1.165, 1.54) is 30.2 Å². The van der Waals surface area contributed by atoms with Crippen molar-refractivity contribution < 1.29 is 4.74 Å². The number of ether oxygens (including phenoxy) is 1. The zero-order chi connectivity index (χ0) is 18.2. The van der Waals surface area contributed by atoms with E-state index in [9.17, 15) is 0 Å². The highest BCUT2D eigenvalue weighted by atomic mass is 16.5. The molecule has 0 radical (unpaired) electrons. The third-order valence-corrected chi connectivity index (χ3v) is 5.31. The number of aryl methyl sites for hydroxylation is 1. The Balaban J connectivity index is 1.68. The van der Waals surface area contributed by atoms with Gasteiger partial charge in [0.2, 0.25) is 0 Å². The summed E-state index contributed by atoms with van der Waals surface area (Å²) in [5.41, 5.74) is 7.99. The molecule has 1 aliphatic heterocycles. The average Bonchev–Trinajstić information content (AvgIpc) is 2.68. The van der Waals surface area contributed by atoms with Gasteiger partial charge >= 0.3 is 0 Å². The van der Waals surface area contributed by atoms with Crippen LogP contribution in [-0.4, -0.2) is 42.2 Å². The first-order valence-corrected chi connectivity index (χ1v) is 10.3. The van der Waals surface area contributed by atoms with Crippen molar-refractivity contribution >= 4 is 10.9 Å². The van der Waals surface area contributed by atoms with Gasteiger partial charge in [-0.25, -0.2) is 0 Å². The maximum atomic E-state index is 6.45. The minimum absolute atomic E-state index is 0.292. The second kappa shape index (κ2) is 9.89. The molecule has 0 aliphatic carbocycles. The molecule has 1 aromatic carbocycles. The summed E-state index contributed by atoms with van der Waals surface area (Å²) < 4.78 is 6.45. The third-order valence-electron chi connectivity index (χ3n) is 5.31. The van der Waals surface area contributed by atoms with Crippen LogP contribution in [0, 0.1) is 0 Å². The number of aromatic nitrogens is 1. The van der Waals surface area contributed by atoms with Crippen LogP contribution >= 0.6 is 0 Å². The van der Waals surface area contributed by atoms with E-state index in [0.29, 0.717) is 6.10 Å². The van der Waals surface area contributed by atoms with Gasteiger partial charge in [0.15, 0.2) is 0 Å². The molecule has 4 heteroatoms. The maximum absolute atomic E-state index is 6.45. The van der Waals surface area contributed by atoms with E-state index in [4.69, 9.17) is 10.5 Å². The molecule has 26 heavy (non-hydrogen) atoms. The lowest BCUT2D eigenvalue weighted by atomic mass is 10.0. The molecule has 0 bridgehead atoms. The third kappa shape index (κ3) is 5.18. The van der Waals surface area contributed by atoms with Gasteiger partial charge in [-0.1, -0.05) is 25.8 Å². The van der Waals surface area contributed by atoms with Crippen molar-refractivity contribution in [3.05, 3.63) is 36.0 Å². The Morgan fingerprint density at radius 2 is 2.04 bits per heavy atom. The standard InChI is InChI=1S/C22H33N3O/c1-2-3-4-7-18-16-19-8-5-12-24-22(19)21(17-18)26-20-9-14-25(15-10-20)13-6-11-23/h5,8,12,16-17,20H,2-4,6-7,9-11,13-15,23H2,1H3. The Labute approximate surface area is 157 Å². The second-order valence-electron chi connectivity index (χ2n) is 7.43. The molecule has 3 rings (SSSR count). The fourth-order valence-corrected chi connectivity index (χ4v) is 3.78. The fourth-order valence-electron chi connectivity index (χ4n) is 3.78. The first-order chi connectivity index (χ1) is 12.8. The molecule has 0 amide bonds. The van der Waals surface area contributed by atoms with Crippen LogP contribution in [0.1, 0.15) is 51.0 Å². The minimum Gasteiger partial charge on any atom is -0.488 e. The quantitative estimate of drug-likeness (QED) is 0.686. The first-order valence-electron chi connectivity index (χ1n) is 10.3. The molecule has 1 saturated heterocycles. The number of hydrogen-bond acceptors (Lipinski definition) is 4. The van der Waals surface area contributed by atoms with Crippen LogP contribution in [0.5, 0.6) is 5.75 Å². The summed E-state index contributed by atoms with van der Waals surface area (Å²) in [6.07, 6.45) is 10.3. The van der Waals surface area contributed by atoms with Crippen molar-refractivity contribution in [1.29, 1.82) is 0 Å². The number of nitrogens with zero attached hydrogens (tertiary/aromatic N) is 2. The molecule has 2 N–H and O–H groups in total. The number of fused-ring (bicyclic) bond motifs is 1. The smallest absolute Gasteiger partial charge is 0.146 e. The van der Waals surface area contributed by atoms with E-state index in [1.54, 1.807) is 0 Å². The van der Waals surface area contributed by atoms with E-state index in [2.05, 4.69) is 35.0 Å². The average molecular weight is 356 g/mol. The summed E-state index contributed by atoms with van der Waals surface area (Å²) in [6.45, 7) is 6.34. The molecule has 2 aromatic rings. The van der Waals surface area contributed by atoms with Gasteiger partial charge in [0.05, 0.1) is 0 Å². The summed E-state index contributed by atoms with van der Waals surface area (Å²) in [5.74, 6) is 0.968. The minimum atomic E-state index is 0.292. The van der Waals surface area contributed by atoms with E-state index < -0.39 is 0 Å². The van der Waals surface area contributed by atoms with Crippen LogP contribution in [0.2, 0.25) is 0 Å². The van der Waals surface area contributed by atoms with Gasteiger partial charge in [0, 0.05) is 24.7 Å². The fraction of sp³-hybridized carbons (Fsp3) is 0.591. The van der Waals surface area contributed by atoms with Gasteiger partial charge in [0.1, 0.15) is 17.4 Å². The Bertz CT molecular complexity index is 680. The van der Waals surface area contributed by atoms with Gasteiger partial charge in [0.25, 0.3) is 0 Å². The molecule has 0 spiro atoms. The van der Waals surface area contributed by atoms with Crippen molar-refractivity contribution in [3.8, 4) is 5.75 Å². The van der Waals surface area contributed by atoms with Crippen molar-refractivity contribution in [3.63, 3.8) is 0 Å². The highest BCUT2D eigenvalue weighted by molar-refractivity contribution is 5.85. The zero-order valence-corrected chi connectivity index (χ0v) is 16.1. The number of unbranched alkanes of at least 4 members (excludes halogenated alkanes) is 2. The SMILES string of the molecule is CCCCCc1cc(OC2CCN(CCCN)CC2)c2ncccc2c1. The van der Waals surface area contributed by atoms with E-state index >= 15 is 0 Å². The number of benzene rings is 1. The van der Waals surface area contributed by atoms with Gasteiger partial charge < -0.3 is 15.4 Å². The number of rotatable bonds is 9. The number of hydrogen-bond donors (Lipinski definition) is 1. The lowest BCUT2D eigenvalue weighted by molar-refractivity contribution is 0.101. The molecular weight excluding hydrogens is 322 g/mol. The lowest BCUT2D eigenvalue weighted by Gasteiger charge is -2.32. The highest BCUT2D eigenvalue weighted by Crippen LogP contribution is 2.29. The van der Waals surface area contributed by atoms with Crippen molar-refractivity contribution in [2.24, 2.45) is 5.73 Å². The van der Waals surface area contributed by atoms with E-state index in [1.807, 2.05) is 12.3 Å². The van der Waals surface area contributed by atoms with Gasteiger partial charge in [-0.05, 0) is 69.0 Å². The van der Waals surface area contributed by atoms with Gasteiger partial charge in [-0.3, -0.25) is 4.98 Å². The molecule has 1 aliphatic rings. The summed E-state index contributed by atoms with van der Waals surface area (Å²) in [4.78, 5) is 7.09. The van der Waals surface area contributed by atoms with Crippen LogP contribution in [0.25, 0.3) is 10.9 Å². The molecule has 4 nitrogen and oxygen atoms in total. The number of likely N-dealkylation sites (tertiary alicyclic amines) is 1. The zero-order valence-electron chi connectivity index (χ0n) is 16.1. The molecule has 0 unspecified atom stereocenters. The normalized spacial score (nSPS) is 16.2. The van der Waals surface area contributed by atoms with Crippen LogP contribution in [-0.2, 0) is 6.42 Å². The van der Waals surface area contributed by atoms with Gasteiger partial charge in [-0.2, -0.15) is 0 Å². The van der Waals surface area contributed by atoms with E-state index in [-0.39, 0.29) is 0 Å². The molecule has 0 saturated carbocycles. The lowest BCUT2D eigenvalue weighted by Crippen LogP contribution is -2.39. The summed E-state index contributed by atoms with van der Waals surface area (Å²) >= 11 is 0. The van der Waals surface area contributed by atoms with Crippen LogP contribution in [0.4, 0.5) is 0 Å². The summed E-state index contributed by atoms with van der Waals surface area (Å²) in [6, 6.07) is 8.66. The Hall–Kier alpha value is -1.65. The Kier molecular flexibility index (Phi) is 7.27. The predicted octanol–water partition coefficient (Wildman–Crippen LogP) is 4.16. The Morgan fingerprint density at radius 1 is 1.19 bits per heavy atom. The molecule has 2 heterocycles. The number of piperidine rings is 1. The van der Waals surface area contributed by atoms with Crippen molar-refractivity contribution in [2.45, 2.75) is 58.0 Å². The van der Waals surface area contributed by atoms with Gasteiger partial charge in [-0.15, -0.1) is 0 Å². The van der Waals surface area contributed by atoms with Crippen molar-refractivity contribution in [1.82, 2.24) is 9.88 Å². The largest absolute Gasteiger partial charge is 0.488 e. The summed E-state index contributed by atoms with van der Waals surface area (Å²) in [7, 11) is 0. The molecule has 0 atom stereocenters. The summed E-state index contributed by atoms with van der Waals surface area (Å²) in [5, 5.41) is 1.19. The Morgan fingerprint density at radius 3 is 2.81 bits per heavy atom. The van der Waals surface area contributed by atoms with Crippen molar-refractivity contribution in [2.75, 3.05) is 26.2 Å². The number of pyridine rings is 1. The topological polar surface area (TPSA) is 51.4 Å². The monoisotopic (exact) mass is 355 g/mol. The molecule has 1 fully saturated rings. The molecule has 1 aromatic heterocycles. The predicted molar refractivity (Wildman–Crippen MR) is 109 cm³/mol. The van der Waals surface area contributed by atoms with Crippen LogP contribution in [0.15, 0.2) is 30.5 Å². The second-order valence-corrected chi connectivity index (χ2v) is 7.43. The molecular formula is C22H33N3O. The molecule has 142 valence electrons. The maximum Gasteiger partial charge on any atom is 0.146 e. The van der Waals surface area contributed by atoms with Crippen LogP contribution in [0.3, 0.4) is 0 Å².